The smallest absolute Gasteiger partial charge is 0.263 e. The van der Waals surface area contributed by atoms with Crippen molar-refractivity contribution in [2.24, 2.45) is 0 Å². The molecule has 1 amide bonds. The van der Waals surface area contributed by atoms with Crippen LogP contribution in [0.15, 0.2) is 12.1 Å². The zero-order valence-electron chi connectivity index (χ0n) is 14.9. The minimum Gasteiger partial charge on any atom is -0.340 e. The first-order valence-electron chi connectivity index (χ1n) is 8.93. The lowest BCUT2D eigenvalue weighted by Crippen LogP contribution is -2.38. The number of rotatable bonds is 8. The third kappa shape index (κ3) is 5.59. The van der Waals surface area contributed by atoms with Crippen LogP contribution in [0.5, 0.6) is 0 Å². The van der Waals surface area contributed by atoms with Crippen LogP contribution in [-0.2, 0) is 6.54 Å². The average Bonchev–Trinajstić information content (AvgIpc) is 3.06. The summed E-state index contributed by atoms with van der Waals surface area (Å²) in [6.07, 6.45) is 3.96. The standard InChI is InChI=1S/C18H31N3OS/c1-4-20(5-2)15-16-9-10-17(23-16)18(22)19(3)13-14-21-11-7-6-8-12-21/h9-10H,4-8,11-15H2,1-3H3. The molecule has 0 aromatic carbocycles. The van der Waals surface area contributed by atoms with E-state index in [2.05, 4.69) is 29.7 Å². The van der Waals surface area contributed by atoms with E-state index < -0.39 is 0 Å². The molecule has 0 saturated carbocycles. The maximum Gasteiger partial charge on any atom is 0.263 e. The number of hydrogen-bond acceptors (Lipinski definition) is 4. The van der Waals surface area contributed by atoms with Gasteiger partial charge in [-0.1, -0.05) is 20.3 Å². The van der Waals surface area contributed by atoms with Crippen LogP contribution in [-0.4, -0.2) is 66.9 Å². The van der Waals surface area contributed by atoms with Crippen LogP contribution in [0, 0.1) is 0 Å². The maximum absolute atomic E-state index is 12.6. The van der Waals surface area contributed by atoms with Crippen molar-refractivity contribution in [2.45, 2.75) is 39.7 Å². The molecule has 130 valence electrons. The Morgan fingerprint density at radius 2 is 1.87 bits per heavy atom. The second kappa shape index (κ2) is 9.40. The molecule has 0 radical (unpaired) electrons. The van der Waals surface area contributed by atoms with Gasteiger partial charge in [0.25, 0.3) is 5.91 Å². The molecule has 4 nitrogen and oxygen atoms in total. The lowest BCUT2D eigenvalue weighted by atomic mass is 10.1. The second-order valence-electron chi connectivity index (χ2n) is 6.36. The van der Waals surface area contributed by atoms with E-state index >= 15 is 0 Å². The van der Waals surface area contributed by atoms with Crippen molar-refractivity contribution in [3.63, 3.8) is 0 Å². The van der Waals surface area contributed by atoms with Crippen LogP contribution in [0.25, 0.3) is 0 Å². The van der Waals surface area contributed by atoms with Gasteiger partial charge in [0.1, 0.15) is 0 Å². The van der Waals surface area contributed by atoms with Crippen molar-refractivity contribution in [3.05, 3.63) is 21.9 Å². The Labute approximate surface area is 145 Å². The number of carbonyl (C=O) groups is 1. The van der Waals surface area contributed by atoms with Gasteiger partial charge in [-0.15, -0.1) is 11.3 Å². The van der Waals surface area contributed by atoms with E-state index in [-0.39, 0.29) is 5.91 Å². The van der Waals surface area contributed by atoms with Crippen LogP contribution in [0.3, 0.4) is 0 Å². The number of likely N-dealkylation sites (N-methyl/N-ethyl adjacent to an activating group) is 1. The molecule has 1 aromatic rings. The van der Waals surface area contributed by atoms with E-state index in [0.717, 1.165) is 37.6 Å². The largest absolute Gasteiger partial charge is 0.340 e. The van der Waals surface area contributed by atoms with Gasteiger partial charge in [-0.3, -0.25) is 9.69 Å². The second-order valence-corrected chi connectivity index (χ2v) is 7.52. The number of hydrogen-bond donors (Lipinski definition) is 0. The average molecular weight is 338 g/mol. The molecule has 23 heavy (non-hydrogen) atoms. The van der Waals surface area contributed by atoms with E-state index in [9.17, 15) is 4.79 Å². The van der Waals surface area contributed by atoms with Gasteiger partial charge in [-0.2, -0.15) is 0 Å². The summed E-state index contributed by atoms with van der Waals surface area (Å²) in [4.78, 5) is 21.4. The Kier molecular flexibility index (Phi) is 7.53. The molecular formula is C18H31N3OS. The molecule has 2 rings (SSSR count). The topological polar surface area (TPSA) is 26.8 Å². The molecule has 0 aliphatic carbocycles. The SMILES string of the molecule is CCN(CC)Cc1ccc(C(=O)N(C)CCN2CCCCC2)s1. The fourth-order valence-corrected chi connectivity index (χ4v) is 4.05. The fourth-order valence-electron chi connectivity index (χ4n) is 3.01. The molecule has 0 spiro atoms. The lowest BCUT2D eigenvalue weighted by molar-refractivity contribution is 0.0777. The highest BCUT2D eigenvalue weighted by Gasteiger charge is 2.17. The summed E-state index contributed by atoms with van der Waals surface area (Å²) in [5.41, 5.74) is 0. The number of amides is 1. The minimum absolute atomic E-state index is 0.165. The summed E-state index contributed by atoms with van der Waals surface area (Å²) in [5.74, 6) is 0.165. The molecule has 1 fully saturated rings. The number of nitrogens with zero attached hydrogens (tertiary/aromatic N) is 3. The minimum atomic E-state index is 0.165. The number of carbonyl (C=O) groups excluding carboxylic acids is 1. The number of piperidine rings is 1. The number of thiophene rings is 1. The maximum atomic E-state index is 12.6. The molecule has 0 atom stereocenters. The first-order valence-corrected chi connectivity index (χ1v) is 9.74. The summed E-state index contributed by atoms with van der Waals surface area (Å²) in [6, 6.07) is 4.10. The monoisotopic (exact) mass is 337 g/mol. The van der Waals surface area contributed by atoms with Crippen LogP contribution < -0.4 is 0 Å². The Bertz CT molecular complexity index is 478. The van der Waals surface area contributed by atoms with E-state index in [0.29, 0.717) is 0 Å². The summed E-state index contributed by atoms with van der Waals surface area (Å²) in [5, 5.41) is 0. The zero-order valence-corrected chi connectivity index (χ0v) is 15.7. The third-order valence-electron chi connectivity index (χ3n) is 4.69. The molecule has 0 bridgehead atoms. The van der Waals surface area contributed by atoms with Crippen molar-refractivity contribution >= 4 is 17.2 Å². The van der Waals surface area contributed by atoms with Gasteiger partial charge in [-0.25, -0.2) is 0 Å². The van der Waals surface area contributed by atoms with E-state index in [1.54, 1.807) is 11.3 Å². The summed E-state index contributed by atoms with van der Waals surface area (Å²) in [6.45, 7) is 11.6. The van der Waals surface area contributed by atoms with Crippen LogP contribution in [0.2, 0.25) is 0 Å². The zero-order chi connectivity index (χ0) is 16.7. The third-order valence-corrected chi connectivity index (χ3v) is 5.75. The van der Waals surface area contributed by atoms with Gasteiger partial charge in [0.05, 0.1) is 4.88 Å². The molecule has 1 aliphatic heterocycles. The summed E-state index contributed by atoms with van der Waals surface area (Å²) in [7, 11) is 1.93. The quantitative estimate of drug-likeness (QED) is 0.729. The molecule has 0 unspecified atom stereocenters. The van der Waals surface area contributed by atoms with Crippen molar-refractivity contribution in [1.82, 2.24) is 14.7 Å². The van der Waals surface area contributed by atoms with E-state index in [4.69, 9.17) is 0 Å². The molecule has 1 saturated heterocycles. The first kappa shape index (κ1) is 18.4. The first-order chi connectivity index (χ1) is 11.1. The van der Waals surface area contributed by atoms with Crippen molar-refractivity contribution < 1.29 is 4.79 Å². The predicted octanol–water partition coefficient (Wildman–Crippen LogP) is 3.15. The van der Waals surface area contributed by atoms with Crippen molar-refractivity contribution in [2.75, 3.05) is 46.3 Å². The van der Waals surface area contributed by atoms with Crippen molar-refractivity contribution in [3.8, 4) is 0 Å². The lowest BCUT2D eigenvalue weighted by Gasteiger charge is -2.28. The molecule has 2 heterocycles. The molecular weight excluding hydrogens is 306 g/mol. The Hall–Kier alpha value is -0.910. The van der Waals surface area contributed by atoms with Crippen LogP contribution in [0.4, 0.5) is 0 Å². The van der Waals surface area contributed by atoms with E-state index in [1.807, 2.05) is 18.0 Å². The van der Waals surface area contributed by atoms with E-state index in [1.165, 1.54) is 37.2 Å². The molecule has 1 aliphatic rings. The van der Waals surface area contributed by atoms with Gasteiger partial charge in [0, 0.05) is 31.6 Å². The molecule has 0 N–H and O–H groups in total. The Balaban J connectivity index is 1.83. The summed E-state index contributed by atoms with van der Waals surface area (Å²) < 4.78 is 0. The predicted molar refractivity (Wildman–Crippen MR) is 98.2 cm³/mol. The highest BCUT2D eigenvalue weighted by atomic mass is 32.1. The van der Waals surface area contributed by atoms with Gasteiger partial charge in [0.15, 0.2) is 0 Å². The van der Waals surface area contributed by atoms with Crippen LogP contribution >= 0.6 is 11.3 Å². The number of likely N-dealkylation sites (tertiary alicyclic amines) is 1. The van der Waals surface area contributed by atoms with Gasteiger partial charge in [-0.05, 0) is 51.2 Å². The van der Waals surface area contributed by atoms with Crippen LogP contribution in [0.1, 0.15) is 47.7 Å². The van der Waals surface area contributed by atoms with Gasteiger partial charge in [0.2, 0.25) is 0 Å². The van der Waals surface area contributed by atoms with Gasteiger partial charge >= 0.3 is 0 Å². The highest BCUT2D eigenvalue weighted by Crippen LogP contribution is 2.20. The molecule has 1 aromatic heterocycles. The highest BCUT2D eigenvalue weighted by molar-refractivity contribution is 7.14. The van der Waals surface area contributed by atoms with Gasteiger partial charge < -0.3 is 9.80 Å². The fraction of sp³-hybridized carbons (Fsp3) is 0.722. The summed E-state index contributed by atoms with van der Waals surface area (Å²) >= 11 is 1.64. The Morgan fingerprint density at radius 1 is 1.17 bits per heavy atom. The normalized spacial score (nSPS) is 16.0. The van der Waals surface area contributed by atoms with Crippen molar-refractivity contribution in [1.29, 1.82) is 0 Å². The Morgan fingerprint density at radius 3 is 2.52 bits per heavy atom. The molecule has 5 heteroatoms.